The first kappa shape index (κ1) is 24.8. The molecule has 0 atom stereocenters. The number of aromatic nitrogens is 2. The van der Waals surface area contributed by atoms with E-state index in [1.165, 1.54) is 52.6 Å². The Hall–Kier alpha value is -2.47. The number of nitrogens with zero attached hydrogens (tertiary/aromatic N) is 2. The highest BCUT2D eigenvalue weighted by Gasteiger charge is 2.18. The summed E-state index contributed by atoms with van der Waals surface area (Å²) >= 11 is 6.48. The van der Waals surface area contributed by atoms with E-state index >= 15 is 0 Å². The number of hydrogen-bond acceptors (Lipinski definition) is 5. The topological polar surface area (TPSA) is 62.6 Å². The van der Waals surface area contributed by atoms with Crippen LogP contribution >= 0.6 is 11.6 Å². The first-order valence-electron chi connectivity index (χ1n) is 10.8. The average molecular weight is 449 g/mol. The van der Waals surface area contributed by atoms with Crippen LogP contribution in [-0.2, 0) is 27.4 Å². The van der Waals surface area contributed by atoms with E-state index in [2.05, 4.69) is 12.0 Å². The van der Waals surface area contributed by atoms with Gasteiger partial charge >= 0.3 is 5.97 Å². The first-order valence-corrected chi connectivity index (χ1v) is 11.2. The summed E-state index contributed by atoms with van der Waals surface area (Å²) in [6.07, 6.45) is 8.64. The summed E-state index contributed by atoms with van der Waals surface area (Å²) in [4.78, 5) is 12.2. The largest absolute Gasteiger partial charge is 0.503 e. The molecule has 170 valence electrons. The third kappa shape index (κ3) is 7.03. The Labute approximate surface area is 190 Å². The zero-order chi connectivity index (χ0) is 22.6. The van der Waals surface area contributed by atoms with Crippen LogP contribution in [0.1, 0.15) is 62.1 Å². The number of rotatable bonds is 13. The average Bonchev–Trinajstić information content (AvgIpc) is 3.06. The Balaban J connectivity index is 2.07. The van der Waals surface area contributed by atoms with Crippen LogP contribution in [0, 0.1) is 6.92 Å². The second kappa shape index (κ2) is 13.1. The van der Waals surface area contributed by atoms with Gasteiger partial charge in [0.1, 0.15) is 17.3 Å². The van der Waals surface area contributed by atoms with Gasteiger partial charge in [-0.1, -0.05) is 74.9 Å². The lowest BCUT2D eigenvalue weighted by Crippen LogP contribution is -2.08. The van der Waals surface area contributed by atoms with E-state index < -0.39 is 5.97 Å². The summed E-state index contributed by atoms with van der Waals surface area (Å²) in [5.41, 5.74) is 2.64. The molecule has 31 heavy (non-hydrogen) atoms. The van der Waals surface area contributed by atoms with E-state index in [4.69, 9.17) is 25.8 Å². The number of carbonyl (C=O) groups excluding carboxylic acids is 1. The number of halogens is 1. The molecule has 1 aromatic carbocycles. The van der Waals surface area contributed by atoms with E-state index in [1.807, 2.05) is 35.9 Å². The molecule has 6 nitrogen and oxygen atoms in total. The fourth-order valence-electron chi connectivity index (χ4n) is 3.34. The normalized spacial score (nSPS) is 11.5. The van der Waals surface area contributed by atoms with E-state index in [0.29, 0.717) is 22.2 Å². The van der Waals surface area contributed by atoms with Crippen LogP contribution in [0.3, 0.4) is 0 Å². The van der Waals surface area contributed by atoms with Crippen LogP contribution in [0.5, 0.6) is 5.88 Å². The molecule has 1 heterocycles. The highest BCUT2D eigenvalue weighted by Crippen LogP contribution is 2.28. The first-order chi connectivity index (χ1) is 15.0. The standard InChI is InChI=1S/C24H33ClN2O4/c1-5-6-7-8-9-12-15-27-22(25)18(2)23(26-27)31-16-19-13-10-11-14-20(19)21(17-29-3)24(28)30-4/h10-11,13-14,17H,5-9,12,15-16H2,1-4H3/b21-17+. The number of esters is 1. The minimum atomic E-state index is -0.475. The maximum atomic E-state index is 12.2. The summed E-state index contributed by atoms with van der Waals surface area (Å²) in [7, 11) is 2.83. The van der Waals surface area contributed by atoms with Crippen LogP contribution in [-0.4, -0.2) is 30.0 Å². The molecule has 0 N–H and O–H groups in total. The molecule has 0 saturated carbocycles. The summed E-state index contributed by atoms with van der Waals surface area (Å²) < 4.78 is 17.7. The van der Waals surface area contributed by atoms with Crippen molar-refractivity contribution < 1.29 is 19.0 Å². The minimum absolute atomic E-state index is 0.236. The molecular weight excluding hydrogens is 416 g/mol. The molecule has 0 unspecified atom stereocenters. The molecule has 0 amide bonds. The highest BCUT2D eigenvalue weighted by molar-refractivity contribution is 6.30. The molecule has 0 aliphatic rings. The molecule has 7 heteroatoms. The lowest BCUT2D eigenvalue weighted by atomic mass is 10.0. The number of hydrogen-bond donors (Lipinski definition) is 0. The zero-order valence-electron chi connectivity index (χ0n) is 18.9. The summed E-state index contributed by atoms with van der Waals surface area (Å²) in [5.74, 6) is 0.0258. The number of benzene rings is 1. The molecule has 1 aromatic heterocycles. The molecule has 0 bridgehead atoms. The third-order valence-corrected chi connectivity index (χ3v) is 5.58. The lowest BCUT2D eigenvalue weighted by molar-refractivity contribution is -0.133. The summed E-state index contributed by atoms with van der Waals surface area (Å²) in [6, 6.07) is 7.47. The van der Waals surface area contributed by atoms with Crippen molar-refractivity contribution in [3.63, 3.8) is 0 Å². The Kier molecular flexibility index (Phi) is 10.4. The van der Waals surface area contributed by atoms with Gasteiger partial charge in [0, 0.05) is 12.1 Å². The second-order valence-corrected chi connectivity index (χ2v) is 7.77. The van der Waals surface area contributed by atoms with Crippen molar-refractivity contribution in [2.24, 2.45) is 0 Å². The van der Waals surface area contributed by atoms with Crippen LogP contribution in [0.4, 0.5) is 0 Å². The van der Waals surface area contributed by atoms with Gasteiger partial charge in [-0.3, -0.25) is 4.68 Å². The fourth-order valence-corrected chi connectivity index (χ4v) is 3.55. The monoisotopic (exact) mass is 448 g/mol. The van der Waals surface area contributed by atoms with Crippen molar-refractivity contribution in [2.45, 2.75) is 65.5 Å². The third-order valence-electron chi connectivity index (χ3n) is 5.10. The maximum absolute atomic E-state index is 12.2. The van der Waals surface area contributed by atoms with Gasteiger partial charge in [0.05, 0.1) is 20.5 Å². The van der Waals surface area contributed by atoms with E-state index in [9.17, 15) is 4.79 Å². The molecule has 0 spiro atoms. The van der Waals surface area contributed by atoms with Crippen LogP contribution in [0.15, 0.2) is 30.5 Å². The molecule has 2 rings (SSSR count). The highest BCUT2D eigenvalue weighted by atomic mass is 35.5. The predicted molar refractivity (Wildman–Crippen MR) is 123 cm³/mol. The molecule has 0 aliphatic carbocycles. The number of carbonyl (C=O) groups is 1. The molecule has 0 aliphatic heterocycles. The van der Waals surface area contributed by atoms with Crippen molar-refractivity contribution in [1.82, 2.24) is 9.78 Å². The van der Waals surface area contributed by atoms with Gasteiger partial charge in [-0.05, 0) is 24.5 Å². The quantitative estimate of drug-likeness (QED) is 0.164. The maximum Gasteiger partial charge on any atom is 0.341 e. The molecule has 0 fully saturated rings. The number of ether oxygens (including phenoxy) is 3. The Morgan fingerprint density at radius 2 is 1.84 bits per heavy atom. The molecule has 0 saturated heterocycles. The van der Waals surface area contributed by atoms with Crippen LogP contribution < -0.4 is 4.74 Å². The molecule has 0 radical (unpaired) electrons. The van der Waals surface area contributed by atoms with Crippen molar-refractivity contribution in [1.29, 1.82) is 0 Å². The Morgan fingerprint density at radius 3 is 2.55 bits per heavy atom. The van der Waals surface area contributed by atoms with E-state index in [-0.39, 0.29) is 6.61 Å². The van der Waals surface area contributed by atoms with Crippen molar-refractivity contribution in [2.75, 3.05) is 14.2 Å². The van der Waals surface area contributed by atoms with E-state index in [0.717, 1.165) is 24.1 Å². The number of unbranched alkanes of at least 4 members (excludes halogenated alkanes) is 5. The van der Waals surface area contributed by atoms with Gasteiger partial charge in [-0.2, -0.15) is 0 Å². The van der Waals surface area contributed by atoms with Crippen molar-refractivity contribution >= 4 is 23.1 Å². The Bertz CT molecular complexity index is 876. The lowest BCUT2D eigenvalue weighted by Gasteiger charge is -2.12. The number of methoxy groups -OCH3 is 2. The molecule has 2 aromatic rings. The predicted octanol–water partition coefficient (Wildman–Crippen LogP) is 5.94. The SMILES string of the molecule is CCCCCCCCn1nc(OCc2ccccc2/C(=C\OC)C(=O)OC)c(C)c1Cl. The van der Waals surface area contributed by atoms with Gasteiger partial charge in [0.2, 0.25) is 5.88 Å². The summed E-state index contributed by atoms with van der Waals surface area (Å²) in [6.45, 7) is 5.13. The van der Waals surface area contributed by atoms with Crippen molar-refractivity contribution in [3.05, 3.63) is 52.4 Å². The van der Waals surface area contributed by atoms with Crippen molar-refractivity contribution in [3.8, 4) is 5.88 Å². The van der Waals surface area contributed by atoms with Crippen LogP contribution in [0.2, 0.25) is 5.15 Å². The number of aryl methyl sites for hydroxylation is 1. The van der Waals surface area contributed by atoms with Gasteiger partial charge < -0.3 is 14.2 Å². The van der Waals surface area contributed by atoms with Gasteiger partial charge in [-0.25, -0.2) is 4.79 Å². The summed E-state index contributed by atoms with van der Waals surface area (Å²) in [5, 5.41) is 5.16. The minimum Gasteiger partial charge on any atom is -0.503 e. The smallest absolute Gasteiger partial charge is 0.341 e. The molecular formula is C24H33ClN2O4. The fraction of sp³-hybridized carbons (Fsp3) is 0.500. The van der Waals surface area contributed by atoms with Crippen LogP contribution in [0.25, 0.3) is 5.57 Å². The van der Waals surface area contributed by atoms with Gasteiger partial charge in [0.15, 0.2) is 0 Å². The van der Waals surface area contributed by atoms with E-state index in [1.54, 1.807) is 0 Å². The second-order valence-electron chi connectivity index (χ2n) is 7.42. The zero-order valence-corrected chi connectivity index (χ0v) is 19.7. The van der Waals surface area contributed by atoms with Gasteiger partial charge in [0.25, 0.3) is 0 Å². The van der Waals surface area contributed by atoms with Gasteiger partial charge in [-0.15, -0.1) is 5.10 Å². The Morgan fingerprint density at radius 1 is 1.13 bits per heavy atom.